The Morgan fingerprint density at radius 3 is 2.71 bits per heavy atom. The Hall–Kier alpha value is -2.34. The Morgan fingerprint density at radius 1 is 1.17 bits per heavy atom. The molecule has 1 aliphatic rings. The first-order valence-corrected chi connectivity index (χ1v) is 8.70. The van der Waals surface area contributed by atoms with Gasteiger partial charge in [-0.25, -0.2) is 5.43 Å². The highest BCUT2D eigenvalue weighted by Crippen LogP contribution is 2.29. The van der Waals surface area contributed by atoms with Crippen LogP contribution in [0.1, 0.15) is 38.5 Å². The van der Waals surface area contributed by atoms with Crippen molar-refractivity contribution < 1.29 is 14.3 Å². The molecular weight excluding hydrogens is 324 g/mol. The molecule has 2 aromatic rings. The fraction of sp³-hybridized carbons (Fsp3) is 0.333. The third kappa shape index (κ3) is 3.59. The predicted octanol–water partition coefficient (Wildman–Crippen LogP) is 3.41. The number of ether oxygens (including phenoxy) is 2. The first kappa shape index (κ1) is 16.5. The van der Waals surface area contributed by atoms with Crippen molar-refractivity contribution in [2.45, 2.75) is 25.7 Å². The van der Waals surface area contributed by atoms with Crippen LogP contribution < -0.4 is 14.9 Å². The molecule has 1 heterocycles. The second-order valence-corrected chi connectivity index (χ2v) is 6.72. The number of nitrogens with zero attached hydrogens (tertiary/aromatic N) is 1. The van der Waals surface area contributed by atoms with Crippen molar-refractivity contribution in [3.8, 4) is 11.5 Å². The van der Waals surface area contributed by atoms with Crippen LogP contribution in [-0.2, 0) is 12.8 Å². The molecule has 0 unspecified atom stereocenters. The molecule has 0 spiro atoms. The van der Waals surface area contributed by atoms with Crippen LogP contribution in [0.5, 0.6) is 11.5 Å². The fourth-order valence-corrected chi connectivity index (χ4v) is 3.90. The van der Waals surface area contributed by atoms with Gasteiger partial charge in [-0.2, -0.15) is 5.10 Å². The van der Waals surface area contributed by atoms with Crippen molar-refractivity contribution in [3.05, 3.63) is 45.1 Å². The quantitative estimate of drug-likeness (QED) is 0.668. The number of carbonyl (C=O) groups excluding carboxylic acids is 1. The smallest absolute Gasteiger partial charge is 0.281 e. The molecule has 3 rings (SSSR count). The van der Waals surface area contributed by atoms with E-state index in [0.29, 0.717) is 11.5 Å². The van der Waals surface area contributed by atoms with E-state index in [1.807, 2.05) is 12.1 Å². The van der Waals surface area contributed by atoms with Gasteiger partial charge in [-0.1, -0.05) is 0 Å². The fourth-order valence-electron chi connectivity index (χ4n) is 2.76. The Morgan fingerprint density at radius 2 is 1.96 bits per heavy atom. The van der Waals surface area contributed by atoms with Crippen molar-refractivity contribution in [1.82, 2.24) is 5.43 Å². The third-order valence-corrected chi connectivity index (χ3v) is 5.24. The number of hydrogen-bond acceptors (Lipinski definition) is 5. The summed E-state index contributed by atoms with van der Waals surface area (Å²) in [6.45, 7) is 0. The number of benzene rings is 1. The van der Waals surface area contributed by atoms with Gasteiger partial charge in [-0.05, 0) is 61.1 Å². The van der Waals surface area contributed by atoms with Crippen LogP contribution in [0.2, 0.25) is 0 Å². The summed E-state index contributed by atoms with van der Waals surface area (Å²) < 4.78 is 10.4. The molecule has 0 saturated carbocycles. The molecule has 1 aromatic heterocycles. The number of fused-ring (bicyclic) bond motifs is 1. The monoisotopic (exact) mass is 344 g/mol. The van der Waals surface area contributed by atoms with E-state index in [4.69, 9.17) is 9.47 Å². The normalized spacial score (nSPS) is 13.6. The summed E-state index contributed by atoms with van der Waals surface area (Å²) in [4.78, 5) is 14.3. The zero-order valence-electron chi connectivity index (χ0n) is 13.8. The number of rotatable bonds is 5. The van der Waals surface area contributed by atoms with Crippen molar-refractivity contribution in [2.24, 2.45) is 5.10 Å². The maximum Gasteiger partial charge on any atom is 0.281 e. The third-order valence-electron chi connectivity index (χ3n) is 4.01. The molecule has 5 nitrogen and oxygen atoms in total. The summed E-state index contributed by atoms with van der Waals surface area (Å²) in [5, 5.41) is 4.04. The highest BCUT2D eigenvalue weighted by Gasteiger charge is 2.16. The lowest BCUT2D eigenvalue weighted by atomic mass is 9.99. The van der Waals surface area contributed by atoms with Gasteiger partial charge in [-0.15, -0.1) is 11.3 Å². The molecule has 1 aromatic carbocycles. The van der Waals surface area contributed by atoms with Crippen LogP contribution in [0.25, 0.3) is 0 Å². The molecular formula is C18H20N2O3S. The molecule has 6 heteroatoms. The molecule has 0 saturated heterocycles. The lowest BCUT2D eigenvalue weighted by molar-refractivity contribution is 0.0959. The summed E-state index contributed by atoms with van der Waals surface area (Å²) >= 11 is 1.58. The van der Waals surface area contributed by atoms with Gasteiger partial charge in [0.15, 0.2) is 11.5 Å². The van der Waals surface area contributed by atoms with Gasteiger partial charge in [0.1, 0.15) is 0 Å². The van der Waals surface area contributed by atoms with Crippen molar-refractivity contribution in [3.63, 3.8) is 0 Å². The molecule has 1 amide bonds. The molecule has 0 bridgehead atoms. The van der Waals surface area contributed by atoms with Gasteiger partial charge >= 0.3 is 0 Å². The van der Waals surface area contributed by atoms with Crippen molar-refractivity contribution >= 4 is 23.5 Å². The van der Waals surface area contributed by atoms with Crippen molar-refractivity contribution in [2.75, 3.05) is 14.2 Å². The Balaban J connectivity index is 1.65. The maximum absolute atomic E-state index is 12.2. The van der Waals surface area contributed by atoms with Crippen LogP contribution in [0.3, 0.4) is 0 Å². The predicted molar refractivity (Wildman–Crippen MR) is 95.6 cm³/mol. The van der Waals surface area contributed by atoms with Gasteiger partial charge in [0.2, 0.25) is 0 Å². The molecule has 126 valence electrons. The van der Waals surface area contributed by atoms with E-state index in [1.165, 1.54) is 23.3 Å². The molecule has 0 radical (unpaired) electrons. The number of methoxy groups -OCH3 is 2. The van der Waals surface area contributed by atoms with Gasteiger partial charge in [0.25, 0.3) is 5.91 Å². The Bertz CT molecular complexity index is 744. The van der Waals surface area contributed by atoms with E-state index in [9.17, 15) is 4.79 Å². The second kappa shape index (κ2) is 7.49. The van der Waals surface area contributed by atoms with E-state index < -0.39 is 0 Å². The first-order valence-electron chi connectivity index (χ1n) is 7.88. The van der Waals surface area contributed by atoms with Gasteiger partial charge in [0.05, 0.1) is 25.3 Å². The Kier molecular flexibility index (Phi) is 5.15. The number of amides is 1. The number of aryl methyl sites for hydroxylation is 2. The van der Waals surface area contributed by atoms with Crippen LogP contribution in [0.15, 0.2) is 29.4 Å². The number of thiophene rings is 1. The topological polar surface area (TPSA) is 59.9 Å². The lowest BCUT2D eigenvalue weighted by Gasteiger charge is -2.08. The van der Waals surface area contributed by atoms with E-state index in [1.54, 1.807) is 43.9 Å². The average Bonchev–Trinajstić information content (AvgIpc) is 3.05. The molecule has 0 aliphatic heterocycles. The number of hydrogen-bond donors (Lipinski definition) is 1. The highest BCUT2D eigenvalue weighted by atomic mass is 32.1. The minimum absolute atomic E-state index is 0.161. The van der Waals surface area contributed by atoms with Crippen LogP contribution >= 0.6 is 11.3 Å². The van der Waals surface area contributed by atoms with Crippen LogP contribution in [0, 0.1) is 0 Å². The zero-order chi connectivity index (χ0) is 16.9. The number of nitrogens with one attached hydrogen (secondary N) is 1. The standard InChI is InChI=1S/C18H20N2O3S/c1-22-14-8-7-12(9-15(14)23-2)11-19-20-18(21)17-10-13-5-3-4-6-16(13)24-17/h7-11H,3-6H2,1-2H3,(H,20,21). The minimum atomic E-state index is -0.161. The van der Waals surface area contributed by atoms with E-state index in [-0.39, 0.29) is 5.91 Å². The summed E-state index contributed by atoms with van der Waals surface area (Å²) in [7, 11) is 3.17. The summed E-state index contributed by atoms with van der Waals surface area (Å²) in [5.74, 6) is 1.12. The van der Waals surface area contributed by atoms with Crippen molar-refractivity contribution in [1.29, 1.82) is 0 Å². The lowest BCUT2D eigenvalue weighted by Crippen LogP contribution is -2.16. The Labute approximate surface area is 145 Å². The van der Waals surface area contributed by atoms with E-state index >= 15 is 0 Å². The minimum Gasteiger partial charge on any atom is -0.493 e. The average molecular weight is 344 g/mol. The highest BCUT2D eigenvalue weighted by molar-refractivity contribution is 7.14. The van der Waals surface area contributed by atoms with E-state index in [2.05, 4.69) is 10.5 Å². The molecule has 24 heavy (non-hydrogen) atoms. The van der Waals surface area contributed by atoms with Gasteiger partial charge in [-0.3, -0.25) is 4.79 Å². The van der Waals surface area contributed by atoms with Crippen LogP contribution in [-0.4, -0.2) is 26.3 Å². The number of hydrazone groups is 1. The molecule has 1 N–H and O–H groups in total. The first-order chi connectivity index (χ1) is 11.7. The summed E-state index contributed by atoms with van der Waals surface area (Å²) in [5.41, 5.74) is 4.73. The maximum atomic E-state index is 12.2. The molecule has 1 aliphatic carbocycles. The van der Waals surface area contributed by atoms with Gasteiger partial charge < -0.3 is 9.47 Å². The zero-order valence-corrected chi connectivity index (χ0v) is 14.6. The second-order valence-electron chi connectivity index (χ2n) is 5.58. The van der Waals surface area contributed by atoms with Crippen LogP contribution in [0.4, 0.5) is 0 Å². The summed E-state index contributed by atoms with van der Waals surface area (Å²) in [6, 6.07) is 7.45. The van der Waals surface area contributed by atoms with E-state index in [0.717, 1.165) is 23.3 Å². The van der Waals surface area contributed by atoms with Gasteiger partial charge in [0, 0.05) is 4.88 Å². The molecule has 0 atom stereocenters. The largest absolute Gasteiger partial charge is 0.493 e. The summed E-state index contributed by atoms with van der Waals surface area (Å²) in [6.07, 6.45) is 6.18. The molecule has 0 fully saturated rings. The SMILES string of the molecule is COc1ccc(C=NNC(=O)c2cc3c(s2)CCCC3)cc1OC. The number of carbonyl (C=O) groups is 1.